The van der Waals surface area contributed by atoms with Crippen LogP contribution in [0.2, 0.25) is 0 Å². The van der Waals surface area contributed by atoms with E-state index >= 15 is 0 Å². The molecule has 0 aliphatic heterocycles. The third kappa shape index (κ3) is 2.50. The van der Waals surface area contributed by atoms with Crippen LogP contribution in [0.25, 0.3) is 0 Å². The fourth-order valence-electron chi connectivity index (χ4n) is 1.81. The van der Waals surface area contributed by atoms with Gasteiger partial charge in [-0.2, -0.15) is 5.26 Å². The Kier molecular flexibility index (Phi) is 2.64. The van der Waals surface area contributed by atoms with E-state index in [0.717, 1.165) is 6.54 Å². The molecule has 2 rings (SSSR count). The lowest BCUT2D eigenvalue weighted by atomic mass is 10.0. The van der Waals surface area contributed by atoms with E-state index in [1.165, 1.54) is 24.1 Å². The van der Waals surface area contributed by atoms with E-state index in [9.17, 15) is 0 Å². The minimum atomic E-state index is 0.276. The molecule has 1 N–H and O–H groups in total. The average molecular weight is 200 g/mol. The molecule has 0 saturated heterocycles. The molecule has 0 heterocycles. The summed E-state index contributed by atoms with van der Waals surface area (Å²) in [4.78, 5) is 0. The maximum atomic E-state index is 8.71. The number of benzene rings is 1. The van der Waals surface area contributed by atoms with Crippen LogP contribution in [-0.4, -0.2) is 6.54 Å². The van der Waals surface area contributed by atoms with Crippen LogP contribution >= 0.6 is 0 Å². The highest BCUT2D eigenvalue weighted by Gasteiger charge is 2.41. The van der Waals surface area contributed by atoms with Crippen LogP contribution in [0, 0.1) is 23.7 Å². The number of nitrogens with zero attached hydrogens (tertiary/aromatic N) is 1. The van der Waals surface area contributed by atoms with Gasteiger partial charge in [-0.3, -0.25) is 0 Å². The molecular weight excluding hydrogens is 184 g/mol. The van der Waals surface area contributed by atoms with Crippen molar-refractivity contribution in [2.75, 3.05) is 11.9 Å². The summed E-state index contributed by atoms with van der Waals surface area (Å²) < 4.78 is 0. The largest absolute Gasteiger partial charge is 0.384 e. The van der Waals surface area contributed by atoms with Gasteiger partial charge < -0.3 is 5.32 Å². The van der Waals surface area contributed by atoms with Gasteiger partial charge in [0, 0.05) is 24.1 Å². The van der Waals surface area contributed by atoms with Gasteiger partial charge in [0.25, 0.3) is 0 Å². The second-order valence-electron chi connectivity index (χ2n) is 4.56. The van der Waals surface area contributed by atoms with Crippen LogP contribution in [0.5, 0.6) is 0 Å². The number of hydrogen-bond donors (Lipinski definition) is 1. The standard InChI is InChI=1S/C13H16N2/c1-11-3-2-4-12(9-11)15-10-13(5-6-13)7-8-14/h2-4,9,15H,5-7,10H2,1H3. The Balaban J connectivity index is 1.91. The van der Waals surface area contributed by atoms with E-state index in [1.54, 1.807) is 0 Å². The first-order chi connectivity index (χ1) is 7.24. The van der Waals surface area contributed by atoms with Gasteiger partial charge in [-0.1, -0.05) is 12.1 Å². The Bertz CT molecular complexity index is 386. The minimum absolute atomic E-state index is 0.276. The molecule has 1 saturated carbocycles. The molecule has 1 aromatic carbocycles. The molecule has 0 bridgehead atoms. The van der Waals surface area contributed by atoms with Crippen molar-refractivity contribution in [1.82, 2.24) is 0 Å². The lowest BCUT2D eigenvalue weighted by molar-refractivity contribution is 0.557. The smallest absolute Gasteiger partial charge is 0.0628 e. The molecule has 0 atom stereocenters. The molecule has 1 aliphatic rings. The summed E-state index contributed by atoms with van der Waals surface area (Å²) in [5.74, 6) is 0. The van der Waals surface area contributed by atoms with Crippen molar-refractivity contribution in [2.24, 2.45) is 5.41 Å². The number of aryl methyl sites for hydroxylation is 1. The molecule has 2 heteroatoms. The Morgan fingerprint density at radius 2 is 2.27 bits per heavy atom. The zero-order valence-corrected chi connectivity index (χ0v) is 9.09. The highest BCUT2D eigenvalue weighted by molar-refractivity contribution is 5.45. The summed E-state index contributed by atoms with van der Waals surface area (Å²) in [6.07, 6.45) is 3.07. The van der Waals surface area contributed by atoms with Gasteiger partial charge in [-0.05, 0) is 37.5 Å². The van der Waals surface area contributed by atoms with E-state index < -0.39 is 0 Å². The molecular formula is C13H16N2. The molecule has 15 heavy (non-hydrogen) atoms. The fourth-order valence-corrected chi connectivity index (χ4v) is 1.81. The van der Waals surface area contributed by atoms with E-state index in [0.29, 0.717) is 6.42 Å². The highest BCUT2D eigenvalue weighted by Crippen LogP contribution is 2.48. The lowest BCUT2D eigenvalue weighted by Gasteiger charge is -2.13. The Hall–Kier alpha value is -1.49. The zero-order chi connectivity index (χ0) is 10.7. The Morgan fingerprint density at radius 1 is 1.47 bits per heavy atom. The molecule has 2 nitrogen and oxygen atoms in total. The second-order valence-corrected chi connectivity index (χ2v) is 4.56. The summed E-state index contributed by atoms with van der Waals surface area (Å²) in [5, 5.41) is 12.1. The van der Waals surface area contributed by atoms with Crippen molar-refractivity contribution in [3.63, 3.8) is 0 Å². The van der Waals surface area contributed by atoms with E-state index in [1.807, 2.05) is 0 Å². The SMILES string of the molecule is Cc1cccc(NCC2(CC#N)CC2)c1. The topological polar surface area (TPSA) is 35.8 Å². The lowest BCUT2D eigenvalue weighted by Crippen LogP contribution is -2.14. The van der Waals surface area contributed by atoms with Crippen LogP contribution in [-0.2, 0) is 0 Å². The first-order valence-corrected chi connectivity index (χ1v) is 5.42. The van der Waals surface area contributed by atoms with Crippen LogP contribution in [0.15, 0.2) is 24.3 Å². The Morgan fingerprint density at radius 3 is 2.87 bits per heavy atom. The predicted octanol–water partition coefficient (Wildman–Crippen LogP) is 3.10. The zero-order valence-electron chi connectivity index (χ0n) is 9.09. The molecule has 1 aromatic rings. The number of hydrogen-bond acceptors (Lipinski definition) is 2. The summed E-state index contributed by atoms with van der Waals surface area (Å²) in [6.45, 7) is 3.03. The molecule has 0 spiro atoms. The van der Waals surface area contributed by atoms with Crippen LogP contribution in [0.1, 0.15) is 24.8 Å². The van der Waals surface area contributed by atoms with Crippen molar-refractivity contribution >= 4 is 5.69 Å². The summed E-state index contributed by atoms with van der Waals surface area (Å²) in [6, 6.07) is 10.6. The normalized spacial score (nSPS) is 16.8. The van der Waals surface area contributed by atoms with Crippen molar-refractivity contribution in [1.29, 1.82) is 5.26 Å². The molecule has 0 amide bonds. The van der Waals surface area contributed by atoms with Crippen LogP contribution in [0.3, 0.4) is 0 Å². The fraction of sp³-hybridized carbons (Fsp3) is 0.462. The first-order valence-electron chi connectivity index (χ1n) is 5.42. The van der Waals surface area contributed by atoms with Crippen molar-refractivity contribution in [2.45, 2.75) is 26.2 Å². The van der Waals surface area contributed by atoms with Crippen molar-refractivity contribution in [3.05, 3.63) is 29.8 Å². The van der Waals surface area contributed by atoms with Crippen molar-refractivity contribution in [3.8, 4) is 6.07 Å². The summed E-state index contributed by atoms with van der Waals surface area (Å²) >= 11 is 0. The average Bonchev–Trinajstić information content (AvgIpc) is 2.97. The van der Waals surface area contributed by atoms with Gasteiger partial charge in [-0.15, -0.1) is 0 Å². The van der Waals surface area contributed by atoms with E-state index in [4.69, 9.17) is 5.26 Å². The van der Waals surface area contributed by atoms with E-state index in [-0.39, 0.29) is 5.41 Å². The third-order valence-corrected chi connectivity index (χ3v) is 3.10. The van der Waals surface area contributed by atoms with Gasteiger partial charge in [-0.25, -0.2) is 0 Å². The maximum Gasteiger partial charge on any atom is 0.0628 e. The molecule has 1 fully saturated rings. The van der Waals surface area contributed by atoms with Gasteiger partial charge >= 0.3 is 0 Å². The molecule has 78 valence electrons. The molecule has 0 aromatic heterocycles. The van der Waals surface area contributed by atoms with Gasteiger partial charge in [0.1, 0.15) is 0 Å². The predicted molar refractivity (Wildman–Crippen MR) is 61.6 cm³/mol. The summed E-state index contributed by atoms with van der Waals surface area (Å²) in [5.41, 5.74) is 2.71. The molecule has 0 unspecified atom stereocenters. The monoisotopic (exact) mass is 200 g/mol. The molecule has 0 radical (unpaired) electrons. The van der Waals surface area contributed by atoms with Gasteiger partial charge in [0.15, 0.2) is 0 Å². The quantitative estimate of drug-likeness (QED) is 0.810. The minimum Gasteiger partial charge on any atom is -0.384 e. The maximum absolute atomic E-state index is 8.71. The van der Waals surface area contributed by atoms with Crippen LogP contribution < -0.4 is 5.32 Å². The van der Waals surface area contributed by atoms with Crippen molar-refractivity contribution < 1.29 is 0 Å². The summed E-state index contributed by atoms with van der Waals surface area (Å²) in [7, 11) is 0. The number of rotatable bonds is 4. The van der Waals surface area contributed by atoms with Gasteiger partial charge in [0.05, 0.1) is 6.07 Å². The molecule has 1 aliphatic carbocycles. The number of nitrogens with one attached hydrogen (secondary N) is 1. The van der Waals surface area contributed by atoms with Gasteiger partial charge in [0.2, 0.25) is 0 Å². The first kappa shape index (κ1) is 10.0. The van der Waals surface area contributed by atoms with E-state index in [2.05, 4.69) is 42.6 Å². The van der Waals surface area contributed by atoms with Crippen LogP contribution in [0.4, 0.5) is 5.69 Å². The third-order valence-electron chi connectivity index (χ3n) is 3.10. The number of anilines is 1. The number of nitriles is 1. The highest BCUT2D eigenvalue weighted by atomic mass is 14.9. The Labute approximate surface area is 90.9 Å². The second kappa shape index (κ2) is 3.94.